The van der Waals surface area contributed by atoms with E-state index in [1.54, 1.807) is 0 Å². The molecule has 12 aromatic rings. The number of benzene rings is 12. The highest BCUT2D eigenvalue weighted by molar-refractivity contribution is 6.19. The van der Waals surface area contributed by atoms with E-state index in [0.717, 1.165) is 34.1 Å². The van der Waals surface area contributed by atoms with E-state index in [1.807, 2.05) is 0 Å². The van der Waals surface area contributed by atoms with Crippen molar-refractivity contribution < 1.29 is 0 Å². The average molecular weight is 903 g/mol. The molecule has 2 nitrogen and oxygen atoms in total. The Balaban J connectivity index is 1.14. The summed E-state index contributed by atoms with van der Waals surface area (Å²) in [6.45, 7) is 0. The van der Waals surface area contributed by atoms with Crippen molar-refractivity contribution in [3.05, 3.63) is 301 Å². The molecule has 0 heterocycles. The van der Waals surface area contributed by atoms with Gasteiger partial charge in [-0.2, -0.15) is 0 Å². The van der Waals surface area contributed by atoms with Crippen LogP contribution in [0.2, 0.25) is 0 Å². The average Bonchev–Trinajstić information content (AvgIpc) is 3.93. The molecule has 2 aliphatic rings. The van der Waals surface area contributed by atoms with Crippen LogP contribution in [0, 0.1) is 0 Å². The molecule has 0 bridgehead atoms. The zero-order valence-corrected chi connectivity index (χ0v) is 39.0. The fourth-order valence-electron chi connectivity index (χ4n) is 12.2. The highest BCUT2D eigenvalue weighted by atomic mass is 15.2. The molecule has 2 aliphatic carbocycles. The highest BCUT2D eigenvalue weighted by Crippen LogP contribution is 2.67. The van der Waals surface area contributed by atoms with E-state index in [-0.39, 0.29) is 0 Å². The lowest BCUT2D eigenvalue weighted by Crippen LogP contribution is -2.27. The van der Waals surface area contributed by atoms with Gasteiger partial charge in [-0.1, -0.05) is 231 Å². The van der Waals surface area contributed by atoms with Crippen molar-refractivity contribution in [3.63, 3.8) is 0 Å². The molecule has 12 aromatic carbocycles. The summed E-state index contributed by atoms with van der Waals surface area (Å²) in [5, 5.41) is 4.84. The van der Waals surface area contributed by atoms with Crippen LogP contribution in [0.15, 0.2) is 279 Å². The summed E-state index contributed by atoms with van der Waals surface area (Å²) in [7, 11) is 0. The van der Waals surface area contributed by atoms with E-state index >= 15 is 0 Å². The molecule has 14 rings (SSSR count). The van der Waals surface area contributed by atoms with Gasteiger partial charge in [-0.15, -0.1) is 0 Å². The quantitative estimate of drug-likeness (QED) is 0.150. The number of hydrogen-bond acceptors (Lipinski definition) is 2. The van der Waals surface area contributed by atoms with Gasteiger partial charge in [0, 0.05) is 33.3 Å². The maximum atomic E-state index is 2.57. The second-order valence-corrected chi connectivity index (χ2v) is 18.7. The molecule has 0 aromatic heterocycles. The van der Waals surface area contributed by atoms with Gasteiger partial charge in [0.1, 0.15) is 0 Å². The predicted octanol–water partition coefficient (Wildman–Crippen LogP) is 18.6. The molecule has 0 amide bonds. The van der Waals surface area contributed by atoms with Crippen molar-refractivity contribution in [1.82, 2.24) is 0 Å². The van der Waals surface area contributed by atoms with Gasteiger partial charge in [-0.05, 0) is 115 Å². The first-order chi connectivity index (χ1) is 35.3. The number of rotatable bonds is 8. The Morgan fingerprint density at radius 2 is 0.535 bits per heavy atom. The van der Waals surface area contributed by atoms with Crippen LogP contribution in [0.1, 0.15) is 22.3 Å². The van der Waals surface area contributed by atoms with Gasteiger partial charge in [-0.3, -0.25) is 0 Å². The molecule has 0 fully saturated rings. The Hall–Kier alpha value is -9.24. The number of para-hydroxylation sites is 4. The molecule has 71 heavy (non-hydrogen) atoms. The van der Waals surface area contributed by atoms with Gasteiger partial charge >= 0.3 is 0 Å². The third-order valence-corrected chi connectivity index (χ3v) is 15.0. The molecule has 0 radical (unpaired) electrons. The van der Waals surface area contributed by atoms with Gasteiger partial charge in [0.05, 0.1) is 28.2 Å². The lowest BCUT2D eigenvalue weighted by molar-refractivity contribution is 0.795. The minimum Gasteiger partial charge on any atom is -0.309 e. The van der Waals surface area contributed by atoms with E-state index in [9.17, 15) is 0 Å². The van der Waals surface area contributed by atoms with Crippen molar-refractivity contribution in [2.24, 2.45) is 0 Å². The van der Waals surface area contributed by atoms with Gasteiger partial charge in [0.2, 0.25) is 0 Å². The lowest BCUT2D eigenvalue weighted by Gasteiger charge is -2.34. The van der Waals surface area contributed by atoms with E-state index < -0.39 is 5.41 Å². The second-order valence-electron chi connectivity index (χ2n) is 18.7. The molecule has 332 valence electrons. The largest absolute Gasteiger partial charge is 0.309 e. The van der Waals surface area contributed by atoms with Crippen LogP contribution in [0.4, 0.5) is 34.1 Å². The van der Waals surface area contributed by atoms with Crippen LogP contribution in [0.25, 0.3) is 66.1 Å². The van der Waals surface area contributed by atoms with Crippen molar-refractivity contribution in [2.45, 2.75) is 5.41 Å². The van der Waals surface area contributed by atoms with Crippen molar-refractivity contribution in [1.29, 1.82) is 0 Å². The lowest BCUT2D eigenvalue weighted by atomic mass is 9.70. The van der Waals surface area contributed by atoms with Crippen LogP contribution in [0.5, 0.6) is 0 Å². The van der Waals surface area contributed by atoms with Crippen LogP contribution in [0.3, 0.4) is 0 Å². The maximum Gasteiger partial charge on any atom is 0.0727 e. The summed E-state index contributed by atoms with van der Waals surface area (Å²) in [6, 6.07) is 103. The number of nitrogens with zero attached hydrogens (tertiary/aromatic N) is 2. The summed E-state index contributed by atoms with van der Waals surface area (Å²) in [5.74, 6) is 0. The molecule has 2 heteroatoms. The molecule has 0 N–H and O–H groups in total. The fourth-order valence-corrected chi connectivity index (χ4v) is 12.2. The molecule has 0 atom stereocenters. The van der Waals surface area contributed by atoms with Gasteiger partial charge in [-0.25, -0.2) is 0 Å². The SMILES string of the molecule is c1ccc(-c2ccccc2N(c2ccccc2)c2cc3c(c4ccccc24)-c2c(cc(N(c4ccccc4)c4ccccc4-c4ccccc4)c4ccccc24)C32c3ccccc3-c3ccccc32)cc1. The van der Waals surface area contributed by atoms with Crippen LogP contribution >= 0.6 is 0 Å². The summed E-state index contributed by atoms with van der Waals surface area (Å²) in [5.41, 5.74) is 21.0. The van der Waals surface area contributed by atoms with Crippen LogP contribution in [-0.2, 0) is 5.41 Å². The first-order valence-corrected chi connectivity index (χ1v) is 24.6. The monoisotopic (exact) mass is 902 g/mol. The summed E-state index contributed by atoms with van der Waals surface area (Å²) in [4.78, 5) is 5.02. The Labute approximate surface area is 414 Å². The minimum atomic E-state index is -0.683. The smallest absolute Gasteiger partial charge is 0.0727 e. The number of fused-ring (bicyclic) bond motifs is 14. The van der Waals surface area contributed by atoms with E-state index in [0.29, 0.717) is 0 Å². The van der Waals surface area contributed by atoms with Gasteiger partial charge in [0.25, 0.3) is 0 Å². The number of hydrogen-bond donors (Lipinski definition) is 0. The van der Waals surface area contributed by atoms with E-state index in [1.165, 1.54) is 88.3 Å². The Bertz CT molecular complexity index is 3730. The highest BCUT2D eigenvalue weighted by Gasteiger charge is 2.53. The molecule has 0 aliphatic heterocycles. The molecular formula is C69H46N2. The number of anilines is 6. The summed E-state index contributed by atoms with van der Waals surface area (Å²) >= 11 is 0. The van der Waals surface area contributed by atoms with E-state index in [4.69, 9.17) is 0 Å². The molecule has 1 spiro atoms. The molecule has 0 saturated carbocycles. The van der Waals surface area contributed by atoms with Crippen LogP contribution in [-0.4, -0.2) is 0 Å². The minimum absolute atomic E-state index is 0.683. The first kappa shape index (κ1) is 40.8. The molecular weight excluding hydrogens is 857 g/mol. The third-order valence-electron chi connectivity index (χ3n) is 15.0. The molecule has 0 saturated heterocycles. The summed E-state index contributed by atoms with van der Waals surface area (Å²) < 4.78 is 0. The fraction of sp³-hybridized carbons (Fsp3) is 0.0145. The van der Waals surface area contributed by atoms with E-state index in [2.05, 4.69) is 289 Å². The molecule has 0 unspecified atom stereocenters. The zero-order chi connectivity index (χ0) is 46.9. The van der Waals surface area contributed by atoms with Gasteiger partial charge < -0.3 is 9.80 Å². The van der Waals surface area contributed by atoms with Crippen molar-refractivity contribution in [2.75, 3.05) is 9.80 Å². The maximum absolute atomic E-state index is 2.57. The standard InChI is InChI=1S/C69H46N2/c1-5-25-47(26-6-1)51-33-19-23-43-63(51)70(49-29-9-3-10-30-49)65-45-61-67(57-39-15-13-37-55(57)65)68-58-40-16-14-38-56(58)66(46-62(68)69(61)59-41-21-17-35-53(59)54-36-18-22-42-60(54)69)71(50-31-11-4-12-32-50)64-44-24-20-34-52(64)48-27-7-2-8-28-48/h1-46H. The Kier molecular flexibility index (Phi) is 9.47. The van der Waals surface area contributed by atoms with Crippen LogP contribution < -0.4 is 9.80 Å². The van der Waals surface area contributed by atoms with Crippen molar-refractivity contribution >= 4 is 55.7 Å². The normalized spacial score (nSPS) is 12.6. The zero-order valence-electron chi connectivity index (χ0n) is 39.0. The first-order valence-electron chi connectivity index (χ1n) is 24.6. The Morgan fingerprint density at radius 3 is 0.944 bits per heavy atom. The van der Waals surface area contributed by atoms with Crippen molar-refractivity contribution in [3.8, 4) is 44.5 Å². The Morgan fingerprint density at radius 1 is 0.225 bits per heavy atom. The topological polar surface area (TPSA) is 6.48 Å². The van der Waals surface area contributed by atoms with Gasteiger partial charge in [0.15, 0.2) is 0 Å². The predicted molar refractivity (Wildman–Crippen MR) is 298 cm³/mol. The third kappa shape index (κ3) is 6.15. The second kappa shape index (κ2) is 16.5. The summed E-state index contributed by atoms with van der Waals surface area (Å²) in [6.07, 6.45) is 0.